The minimum Gasteiger partial charge on any atom is -0.342 e. The zero-order valence-corrected chi connectivity index (χ0v) is 15.1. The zero-order chi connectivity index (χ0) is 15.8. The summed E-state index contributed by atoms with van der Waals surface area (Å²) in [4.78, 5) is 19.6. The maximum atomic E-state index is 12.8. The number of aromatic amines is 1. The number of aromatic nitrogens is 3. The molecule has 2 N–H and O–H groups in total. The molecule has 24 heavy (non-hydrogen) atoms. The van der Waals surface area contributed by atoms with Crippen LogP contribution in [-0.2, 0) is 4.79 Å². The van der Waals surface area contributed by atoms with Gasteiger partial charge >= 0.3 is 0 Å². The van der Waals surface area contributed by atoms with Crippen molar-refractivity contribution in [2.24, 2.45) is 5.92 Å². The molecule has 0 radical (unpaired) electrons. The highest BCUT2D eigenvalue weighted by atomic mass is 35.5. The van der Waals surface area contributed by atoms with Gasteiger partial charge in [0, 0.05) is 36.9 Å². The molecule has 3 heterocycles. The van der Waals surface area contributed by atoms with E-state index in [0.29, 0.717) is 23.8 Å². The summed E-state index contributed by atoms with van der Waals surface area (Å²) in [5.41, 5.74) is 0. The Morgan fingerprint density at radius 1 is 1.21 bits per heavy atom. The summed E-state index contributed by atoms with van der Waals surface area (Å²) >= 11 is 0. The van der Waals surface area contributed by atoms with Crippen LogP contribution in [0.4, 0.5) is 0 Å². The second-order valence-electron chi connectivity index (χ2n) is 7.55. The summed E-state index contributed by atoms with van der Waals surface area (Å²) in [7, 11) is 0. The van der Waals surface area contributed by atoms with E-state index in [0.717, 1.165) is 57.0 Å². The Hall–Kier alpha value is -1.14. The quantitative estimate of drug-likeness (QED) is 0.873. The van der Waals surface area contributed by atoms with Crippen LogP contribution in [0.3, 0.4) is 0 Å². The highest BCUT2D eigenvalue weighted by Crippen LogP contribution is 2.38. The molecule has 3 atom stereocenters. The molecule has 2 aliphatic heterocycles. The number of carbonyl (C=O) groups excluding carboxylic acids is 1. The molecule has 1 aliphatic carbocycles. The third-order valence-corrected chi connectivity index (χ3v) is 5.56. The molecule has 7 heteroatoms. The molecule has 0 spiro atoms. The number of likely N-dealkylation sites (tertiary alicyclic amines) is 1. The van der Waals surface area contributed by atoms with E-state index in [1.165, 1.54) is 12.8 Å². The lowest BCUT2D eigenvalue weighted by Crippen LogP contribution is -2.47. The molecule has 1 aromatic heterocycles. The fourth-order valence-corrected chi connectivity index (χ4v) is 4.01. The van der Waals surface area contributed by atoms with Crippen LogP contribution in [0, 0.1) is 5.92 Å². The molecule has 1 saturated carbocycles. The van der Waals surface area contributed by atoms with Crippen molar-refractivity contribution in [2.75, 3.05) is 19.6 Å². The maximum Gasteiger partial charge on any atom is 0.225 e. The summed E-state index contributed by atoms with van der Waals surface area (Å²) in [6, 6.07) is 0.451. The number of halogens is 1. The Morgan fingerprint density at radius 2 is 2.04 bits per heavy atom. The van der Waals surface area contributed by atoms with Crippen molar-refractivity contribution >= 4 is 18.3 Å². The number of rotatable bonds is 3. The van der Waals surface area contributed by atoms with E-state index in [1.807, 2.05) is 0 Å². The molecule has 3 aliphatic rings. The summed E-state index contributed by atoms with van der Waals surface area (Å²) < 4.78 is 0. The minimum absolute atomic E-state index is 0. The summed E-state index contributed by atoms with van der Waals surface area (Å²) in [5, 5.41) is 11.0. The maximum absolute atomic E-state index is 12.8. The molecule has 2 saturated heterocycles. The lowest BCUT2D eigenvalue weighted by molar-refractivity contribution is -0.138. The number of nitrogens with one attached hydrogen (secondary N) is 2. The van der Waals surface area contributed by atoms with Gasteiger partial charge in [-0.3, -0.25) is 9.89 Å². The normalized spacial score (nSPS) is 30.7. The van der Waals surface area contributed by atoms with Crippen LogP contribution < -0.4 is 5.32 Å². The molecular formula is C17H28ClN5O. The van der Waals surface area contributed by atoms with Gasteiger partial charge in [0.1, 0.15) is 5.82 Å². The SMILES string of the molecule is C[C@H]1C[C@@H](C(=O)N2CCCC(c3n[nH]c(C4CC4)n3)C2)CCN1.Cl. The van der Waals surface area contributed by atoms with Gasteiger partial charge in [0.25, 0.3) is 0 Å². The molecule has 6 nitrogen and oxygen atoms in total. The standard InChI is InChI=1S/C17H27N5O.ClH/c1-11-9-13(6-7-18-11)17(23)22-8-2-3-14(10-22)16-19-15(20-21-16)12-4-5-12;/h11-14,18H,2-10H2,1H3,(H,19,20,21);1H/t11-,13-,14?;/m0./s1. The van der Waals surface area contributed by atoms with Gasteiger partial charge in [-0.05, 0) is 52.0 Å². The monoisotopic (exact) mass is 353 g/mol. The number of amides is 1. The van der Waals surface area contributed by atoms with E-state index in [9.17, 15) is 4.79 Å². The van der Waals surface area contributed by atoms with Crippen LogP contribution in [-0.4, -0.2) is 51.7 Å². The van der Waals surface area contributed by atoms with Crippen molar-refractivity contribution in [1.82, 2.24) is 25.4 Å². The molecule has 1 aromatic rings. The number of hydrogen-bond donors (Lipinski definition) is 2. The molecule has 4 rings (SSSR count). The molecule has 3 fully saturated rings. The predicted molar refractivity (Wildman–Crippen MR) is 94.3 cm³/mol. The number of nitrogens with zero attached hydrogens (tertiary/aromatic N) is 3. The lowest BCUT2D eigenvalue weighted by atomic mass is 9.90. The van der Waals surface area contributed by atoms with Crippen LogP contribution in [0.2, 0.25) is 0 Å². The van der Waals surface area contributed by atoms with Crippen LogP contribution in [0.15, 0.2) is 0 Å². The number of carbonyl (C=O) groups is 1. The fourth-order valence-electron chi connectivity index (χ4n) is 4.01. The van der Waals surface area contributed by atoms with Crippen LogP contribution >= 0.6 is 12.4 Å². The van der Waals surface area contributed by atoms with E-state index >= 15 is 0 Å². The fraction of sp³-hybridized carbons (Fsp3) is 0.824. The largest absolute Gasteiger partial charge is 0.342 e. The van der Waals surface area contributed by atoms with E-state index in [4.69, 9.17) is 4.98 Å². The zero-order valence-electron chi connectivity index (χ0n) is 14.3. The Balaban J connectivity index is 0.00000169. The van der Waals surface area contributed by atoms with E-state index < -0.39 is 0 Å². The Morgan fingerprint density at radius 3 is 2.79 bits per heavy atom. The van der Waals surface area contributed by atoms with Crippen molar-refractivity contribution in [3.63, 3.8) is 0 Å². The molecule has 0 bridgehead atoms. The van der Waals surface area contributed by atoms with Gasteiger partial charge in [0.2, 0.25) is 5.91 Å². The van der Waals surface area contributed by atoms with Gasteiger partial charge in [-0.15, -0.1) is 12.4 Å². The average Bonchev–Trinajstić information content (AvgIpc) is 3.31. The Labute approximate surface area is 149 Å². The van der Waals surface area contributed by atoms with E-state index in [1.54, 1.807) is 0 Å². The minimum atomic E-state index is 0. The van der Waals surface area contributed by atoms with Gasteiger partial charge in [0.05, 0.1) is 0 Å². The van der Waals surface area contributed by atoms with Crippen LogP contribution in [0.1, 0.15) is 68.9 Å². The van der Waals surface area contributed by atoms with Crippen LogP contribution in [0.5, 0.6) is 0 Å². The van der Waals surface area contributed by atoms with E-state index in [2.05, 4.69) is 27.3 Å². The van der Waals surface area contributed by atoms with Gasteiger partial charge in [-0.25, -0.2) is 4.98 Å². The van der Waals surface area contributed by atoms with Gasteiger partial charge in [0.15, 0.2) is 5.82 Å². The van der Waals surface area contributed by atoms with Crippen molar-refractivity contribution in [3.8, 4) is 0 Å². The smallest absolute Gasteiger partial charge is 0.225 e. The topological polar surface area (TPSA) is 73.9 Å². The van der Waals surface area contributed by atoms with Crippen molar-refractivity contribution < 1.29 is 4.79 Å². The van der Waals surface area contributed by atoms with Crippen molar-refractivity contribution in [2.45, 2.75) is 63.3 Å². The van der Waals surface area contributed by atoms with Gasteiger partial charge in [-0.1, -0.05) is 0 Å². The second kappa shape index (κ2) is 7.40. The van der Waals surface area contributed by atoms with Crippen LogP contribution in [0.25, 0.3) is 0 Å². The Kier molecular flexibility index (Phi) is 5.45. The first kappa shape index (κ1) is 17.7. The third-order valence-electron chi connectivity index (χ3n) is 5.56. The first-order valence-electron chi connectivity index (χ1n) is 9.15. The Bertz CT molecular complexity index is 573. The predicted octanol–water partition coefficient (Wildman–Crippen LogP) is 2.20. The van der Waals surface area contributed by atoms with Gasteiger partial charge in [-0.2, -0.15) is 5.10 Å². The number of H-pyrrole nitrogens is 1. The van der Waals surface area contributed by atoms with Gasteiger partial charge < -0.3 is 10.2 Å². The highest BCUT2D eigenvalue weighted by molar-refractivity contribution is 5.85. The van der Waals surface area contributed by atoms with Crippen molar-refractivity contribution in [3.05, 3.63) is 11.6 Å². The average molecular weight is 354 g/mol. The summed E-state index contributed by atoms with van der Waals surface area (Å²) in [6.07, 6.45) is 6.55. The molecular weight excluding hydrogens is 326 g/mol. The molecule has 1 amide bonds. The lowest BCUT2D eigenvalue weighted by Gasteiger charge is -2.36. The third kappa shape index (κ3) is 3.75. The molecule has 1 unspecified atom stereocenters. The highest BCUT2D eigenvalue weighted by Gasteiger charge is 2.34. The number of piperidine rings is 2. The molecule has 134 valence electrons. The summed E-state index contributed by atoms with van der Waals surface area (Å²) in [5.74, 6) is 3.42. The first-order chi connectivity index (χ1) is 11.2. The van der Waals surface area contributed by atoms with E-state index in [-0.39, 0.29) is 18.3 Å². The van der Waals surface area contributed by atoms with Crippen molar-refractivity contribution in [1.29, 1.82) is 0 Å². The number of hydrogen-bond acceptors (Lipinski definition) is 4. The first-order valence-corrected chi connectivity index (χ1v) is 9.15. The second-order valence-corrected chi connectivity index (χ2v) is 7.55. The summed E-state index contributed by atoms with van der Waals surface area (Å²) in [6.45, 7) is 4.82. The molecule has 0 aromatic carbocycles.